The highest BCUT2D eigenvalue weighted by molar-refractivity contribution is 7.08. The van der Waals surface area contributed by atoms with Crippen molar-refractivity contribution < 1.29 is 23.9 Å². The van der Waals surface area contributed by atoms with Gasteiger partial charge in [0.25, 0.3) is 11.7 Å². The standard InChI is InChI=1S/C5H9BN2O5/c1-12-3(9)6(4(10)13-2)8-5(7)11/h1-2H3,(H3,7,8,11). The molecule has 0 radical (unpaired) electrons. The summed E-state index contributed by atoms with van der Waals surface area (Å²) in [6.45, 7) is -1.51. The molecular weight excluding hydrogens is 179 g/mol. The van der Waals surface area contributed by atoms with E-state index in [1.54, 1.807) is 0 Å². The maximum absolute atomic E-state index is 10.9. The number of hydrogen-bond acceptors (Lipinski definition) is 5. The number of carbonyl (C=O) groups excluding carboxylic acids is 3. The van der Waals surface area contributed by atoms with Gasteiger partial charge in [-0.25, -0.2) is 0 Å². The lowest BCUT2D eigenvalue weighted by atomic mass is 9.62. The van der Waals surface area contributed by atoms with Crippen LogP contribution in [-0.2, 0) is 9.47 Å². The minimum Gasteiger partial charge on any atom is -0.475 e. The molecule has 0 fully saturated rings. The molecule has 8 heteroatoms. The molecule has 0 spiro atoms. The molecule has 72 valence electrons. The molecule has 0 aromatic rings. The van der Waals surface area contributed by atoms with Crippen LogP contribution >= 0.6 is 0 Å². The van der Waals surface area contributed by atoms with Gasteiger partial charge >= 0.3 is 12.9 Å². The van der Waals surface area contributed by atoms with Crippen LogP contribution in [0.4, 0.5) is 14.4 Å². The highest BCUT2D eigenvalue weighted by Gasteiger charge is 2.37. The lowest BCUT2D eigenvalue weighted by Crippen LogP contribution is -2.53. The summed E-state index contributed by atoms with van der Waals surface area (Å²) in [5, 5.41) is 1.87. The van der Waals surface area contributed by atoms with E-state index in [9.17, 15) is 14.4 Å². The molecule has 0 saturated heterocycles. The van der Waals surface area contributed by atoms with Crippen molar-refractivity contribution >= 4 is 24.6 Å². The summed E-state index contributed by atoms with van der Waals surface area (Å²) in [5.74, 6) is -1.88. The van der Waals surface area contributed by atoms with Gasteiger partial charge in [0, 0.05) is 0 Å². The highest BCUT2D eigenvalue weighted by atomic mass is 16.5. The Labute approximate surface area is 74.6 Å². The average Bonchev–Trinajstić information content (AvgIpc) is 2.11. The van der Waals surface area contributed by atoms with Crippen LogP contribution in [0.25, 0.3) is 0 Å². The highest BCUT2D eigenvalue weighted by Crippen LogP contribution is 1.90. The number of primary amides is 1. The molecule has 2 amide bonds. The number of urea groups is 1. The molecule has 0 bridgehead atoms. The van der Waals surface area contributed by atoms with E-state index in [1.165, 1.54) is 0 Å². The van der Waals surface area contributed by atoms with Crippen molar-refractivity contribution in [2.75, 3.05) is 14.2 Å². The molecule has 0 aliphatic rings. The number of rotatable bonds is 3. The van der Waals surface area contributed by atoms with Crippen molar-refractivity contribution in [2.24, 2.45) is 5.73 Å². The number of methoxy groups -OCH3 is 2. The molecule has 0 heterocycles. The second kappa shape index (κ2) is 5.02. The largest absolute Gasteiger partial charge is 0.515 e. The molecule has 0 atom stereocenters. The second-order valence-electron chi connectivity index (χ2n) is 1.99. The van der Waals surface area contributed by atoms with Crippen molar-refractivity contribution in [3.05, 3.63) is 0 Å². The van der Waals surface area contributed by atoms with Crippen LogP contribution in [0.5, 0.6) is 0 Å². The van der Waals surface area contributed by atoms with Crippen molar-refractivity contribution in [3.8, 4) is 0 Å². The van der Waals surface area contributed by atoms with Crippen LogP contribution in [0, 0.1) is 0 Å². The molecule has 0 aliphatic heterocycles. The summed E-state index contributed by atoms with van der Waals surface area (Å²) in [4.78, 5) is 32.1. The summed E-state index contributed by atoms with van der Waals surface area (Å²) >= 11 is 0. The molecule has 0 unspecified atom stereocenters. The minimum absolute atomic E-state index is 0.939. The fourth-order valence-electron chi connectivity index (χ4n) is 0.592. The molecule has 0 aromatic carbocycles. The average molecular weight is 188 g/mol. The van der Waals surface area contributed by atoms with Gasteiger partial charge in [0.2, 0.25) is 0 Å². The Kier molecular flexibility index (Phi) is 4.35. The van der Waals surface area contributed by atoms with Gasteiger partial charge in [-0.3, -0.25) is 14.4 Å². The Morgan fingerprint density at radius 2 is 1.54 bits per heavy atom. The van der Waals surface area contributed by atoms with Gasteiger partial charge in [0.15, 0.2) is 0 Å². The van der Waals surface area contributed by atoms with Crippen molar-refractivity contribution in [2.45, 2.75) is 0 Å². The van der Waals surface area contributed by atoms with Crippen LogP contribution in [0.2, 0.25) is 0 Å². The van der Waals surface area contributed by atoms with Crippen molar-refractivity contribution in [1.29, 1.82) is 0 Å². The molecular formula is C5H9BN2O5. The van der Waals surface area contributed by atoms with Crippen molar-refractivity contribution in [1.82, 2.24) is 5.23 Å². The number of amides is 2. The number of carbonyl (C=O) groups is 3. The predicted molar refractivity (Wildman–Crippen MR) is 43.3 cm³/mol. The zero-order valence-electron chi connectivity index (χ0n) is 7.20. The Morgan fingerprint density at radius 1 is 1.15 bits per heavy atom. The molecule has 13 heavy (non-hydrogen) atoms. The normalized spacial score (nSPS) is 8.46. The smallest absolute Gasteiger partial charge is 0.475 e. The van der Waals surface area contributed by atoms with E-state index in [-0.39, 0.29) is 0 Å². The quantitative estimate of drug-likeness (QED) is 0.571. The van der Waals surface area contributed by atoms with Gasteiger partial charge < -0.3 is 20.4 Å². The van der Waals surface area contributed by atoms with E-state index in [0.29, 0.717) is 0 Å². The van der Waals surface area contributed by atoms with Gasteiger partial charge in [-0.15, -0.1) is 0 Å². The van der Waals surface area contributed by atoms with E-state index in [4.69, 9.17) is 5.73 Å². The van der Waals surface area contributed by atoms with Crippen LogP contribution < -0.4 is 11.0 Å². The molecule has 0 rings (SSSR count). The Bertz CT molecular complexity index is 215. The van der Waals surface area contributed by atoms with E-state index in [2.05, 4.69) is 9.47 Å². The van der Waals surface area contributed by atoms with Gasteiger partial charge in [-0.2, -0.15) is 0 Å². The first kappa shape index (κ1) is 11.3. The molecule has 3 N–H and O–H groups in total. The Balaban J connectivity index is 4.45. The first-order valence-electron chi connectivity index (χ1n) is 3.24. The summed E-state index contributed by atoms with van der Waals surface area (Å²) in [6, 6.07) is -1.01. The third-order valence-electron chi connectivity index (χ3n) is 1.16. The molecule has 0 aromatic heterocycles. The van der Waals surface area contributed by atoms with Gasteiger partial charge in [0.05, 0.1) is 14.2 Å². The van der Waals surface area contributed by atoms with Gasteiger partial charge in [-0.1, -0.05) is 0 Å². The van der Waals surface area contributed by atoms with Crippen LogP contribution in [0.15, 0.2) is 0 Å². The topological polar surface area (TPSA) is 108 Å². The maximum atomic E-state index is 10.9. The first-order valence-corrected chi connectivity index (χ1v) is 3.24. The zero-order chi connectivity index (χ0) is 10.4. The Morgan fingerprint density at radius 3 is 1.77 bits per heavy atom. The maximum Gasteiger partial charge on any atom is 0.515 e. The van der Waals surface area contributed by atoms with Gasteiger partial charge in [-0.05, 0) is 0 Å². The molecule has 7 nitrogen and oxygen atoms in total. The van der Waals surface area contributed by atoms with E-state index in [1.807, 2.05) is 5.23 Å². The number of nitrogens with two attached hydrogens (primary N) is 1. The minimum atomic E-state index is -1.51. The second-order valence-corrected chi connectivity index (χ2v) is 1.99. The van der Waals surface area contributed by atoms with Gasteiger partial charge in [0.1, 0.15) is 0 Å². The van der Waals surface area contributed by atoms with Crippen LogP contribution in [0.3, 0.4) is 0 Å². The molecule has 0 saturated carbocycles. The van der Waals surface area contributed by atoms with Crippen molar-refractivity contribution in [3.63, 3.8) is 0 Å². The number of nitrogens with one attached hydrogen (secondary N) is 1. The number of hydrogen-bond donors (Lipinski definition) is 2. The SMILES string of the molecule is COC(=O)B(NC(N)=O)C(=O)OC. The fourth-order valence-corrected chi connectivity index (χ4v) is 0.592. The monoisotopic (exact) mass is 188 g/mol. The summed E-state index contributed by atoms with van der Waals surface area (Å²) in [5.41, 5.74) is 4.71. The van der Waals surface area contributed by atoms with Crippen LogP contribution in [-0.4, -0.2) is 38.8 Å². The zero-order valence-corrected chi connectivity index (χ0v) is 7.20. The lowest BCUT2D eigenvalue weighted by molar-refractivity contribution is 0.186. The summed E-state index contributed by atoms with van der Waals surface area (Å²) in [7, 11) is 2.14. The lowest BCUT2D eigenvalue weighted by Gasteiger charge is -2.07. The third kappa shape index (κ3) is 3.45. The van der Waals surface area contributed by atoms with E-state index >= 15 is 0 Å². The van der Waals surface area contributed by atoms with E-state index < -0.39 is 24.6 Å². The predicted octanol–water partition coefficient (Wildman–Crippen LogP) is -0.658. The molecule has 0 aliphatic carbocycles. The third-order valence-corrected chi connectivity index (χ3v) is 1.16. The fraction of sp³-hybridized carbons (Fsp3) is 0.400. The first-order chi connectivity index (χ1) is 6.02. The number of ether oxygens (including phenoxy) is 2. The summed E-state index contributed by atoms with van der Waals surface area (Å²) in [6.07, 6.45) is 0. The van der Waals surface area contributed by atoms with E-state index in [0.717, 1.165) is 14.2 Å². The summed E-state index contributed by atoms with van der Waals surface area (Å²) < 4.78 is 8.45. The Hall–Kier alpha value is -1.73. The van der Waals surface area contributed by atoms with Crippen LogP contribution in [0.1, 0.15) is 0 Å².